The molecule has 76 valence electrons. The van der Waals surface area contributed by atoms with Gasteiger partial charge in [-0.05, 0) is 31.5 Å². The van der Waals surface area contributed by atoms with Crippen LogP contribution in [0.5, 0.6) is 0 Å². The van der Waals surface area contributed by atoms with Gasteiger partial charge in [0.2, 0.25) is 0 Å². The van der Waals surface area contributed by atoms with E-state index in [0.29, 0.717) is 6.04 Å². The minimum Gasteiger partial charge on any atom is -0.299 e. The molecule has 0 radical (unpaired) electrons. The number of aromatic nitrogens is 1. The minimum absolute atomic E-state index is 0.526. The summed E-state index contributed by atoms with van der Waals surface area (Å²) in [5, 5.41) is 0. The lowest BCUT2D eigenvalue weighted by molar-refractivity contribution is 0.245. The number of fused-ring (bicyclic) bond motifs is 1. The summed E-state index contributed by atoms with van der Waals surface area (Å²) in [5.41, 5.74) is 4.08. The normalized spacial score (nSPS) is 22.1. The van der Waals surface area contributed by atoms with Crippen LogP contribution < -0.4 is 0 Å². The number of nitrogens with zero attached hydrogens (tertiary/aromatic N) is 2. The van der Waals surface area contributed by atoms with Gasteiger partial charge in [-0.2, -0.15) is 0 Å². The largest absolute Gasteiger partial charge is 0.299 e. The maximum Gasteiger partial charge on any atom is 0.0464 e. The first-order valence-electron chi connectivity index (χ1n) is 5.40. The summed E-state index contributed by atoms with van der Waals surface area (Å²) in [5.74, 6) is 0. The maximum absolute atomic E-state index is 4.55. The van der Waals surface area contributed by atoms with Crippen molar-refractivity contribution in [1.29, 1.82) is 0 Å². The fourth-order valence-corrected chi connectivity index (χ4v) is 2.03. The highest BCUT2D eigenvalue weighted by Crippen LogP contribution is 2.27. The average Bonchev–Trinajstić information content (AvgIpc) is 2.23. The van der Waals surface area contributed by atoms with E-state index in [0.717, 1.165) is 19.4 Å². The van der Waals surface area contributed by atoms with Gasteiger partial charge in [0.05, 0.1) is 0 Å². The molecular formula is C12H18N2. The summed E-state index contributed by atoms with van der Waals surface area (Å²) >= 11 is 0. The second kappa shape index (κ2) is 3.70. The molecule has 0 N–H and O–H groups in total. The van der Waals surface area contributed by atoms with Crippen LogP contribution >= 0.6 is 0 Å². The van der Waals surface area contributed by atoms with Crippen molar-refractivity contribution in [3.63, 3.8) is 0 Å². The Kier molecular flexibility index (Phi) is 2.55. The Labute approximate surface area is 86.0 Å². The fourth-order valence-electron chi connectivity index (χ4n) is 2.03. The molecule has 0 aliphatic carbocycles. The highest BCUT2D eigenvalue weighted by molar-refractivity contribution is 5.30. The molecular weight excluding hydrogens is 172 g/mol. The summed E-state index contributed by atoms with van der Waals surface area (Å²) in [6.07, 6.45) is 4.20. The molecule has 0 bridgehead atoms. The predicted octanol–water partition coefficient (Wildman–Crippen LogP) is 2.19. The Bertz CT molecular complexity index is 333. The van der Waals surface area contributed by atoms with Crippen LogP contribution in [0.15, 0.2) is 12.3 Å². The molecule has 0 amide bonds. The Morgan fingerprint density at radius 2 is 2.36 bits per heavy atom. The molecule has 0 fully saturated rings. The Morgan fingerprint density at radius 1 is 1.57 bits per heavy atom. The van der Waals surface area contributed by atoms with Gasteiger partial charge in [0.1, 0.15) is 0 Å². The molecule has 1 aromatic rings. The number of hydrogen-bond donors (Lipinski definition) is 0. The molecule has 1 aromatic heterocycles. The minimum atomic E-state index is 0.526. The standard InChI is InChI=1S/C12H18N2/c1-4-10-7-11-9(2)14(3)6-5-12(11)13-8-10/h7-9H,4-6H2,1-3H3. The van der Waals surface area contributed by atoms with Crippen molar-refractivity contribution in [1.82, 2.24) is 9.88 Å². The van der Waals surface area contributed by atoms with Gasteiger partial charge in [-0.3, -0.25) is 9.88 Å². The van der Waals surface area contributed by atoms with Gasteiger partial charge in [0, 0.05) is 30.9 Å². The van der Waals surface area contributed by atoms with Crippen molar-refractivity contribution in [3.05, 3.63) is 29.1 Å². The third kappa shape index (κ3) is 1.55. The predicted molar refractivity (Wildman–Crippen MR) is 58.4 cm³/mol. The summed E-state index contributed by atoms with van der Waals surface area (Å²) < 4.78 is 0. The van der Waals surface area contributed by atoms with Gasteiger partial charge in [-0.25, -0.2) is 0 Å². The summed E-state index contributed by atoms with van der Waals surface area (Å²) in [6.45, 7) is 5.58. The zero-order valence-corrected chi connectivity index (χ0v) is 9.25. The highest BCUT2D eigenvalue weighted by atomic mass is 15.1. The third-order valence-corrected chi connectivity index (χ3v) is 3.28. The van der Waals surface area contributed by atoms with Gasteiger partial charge in [0.25, 0.3) is 0 Å². The third-order valence-electron chi connectivity index (χ3n) is 3.28. The summed E-state index contributed by atoms with van der Waals surface area (Å²) in [6, 6.07) is 2.85. The van der Waals surface area contributed by atoms with Gasteiger partial charge < -0.3 is 0 Å². The lowest BCUT2D eigenvalue weighted by Gasteiger charge is -2.31. The van der Waals surface area contributed by atoms with Crippen molar-refractivity contribution in [2.24, 2.45) is 0 Å². The second-order valence-corrected chi connectivity index (χ2v) is 4.14. The molecule has 14 heavy (non-hydrogen) atoms. The highest BCUT2D eigenvalue weighted by Gasteiger charge is 2.21. The molecule has 1 aliphatic rings. The number of aryl methyl sites for hydroxylation is 1. The smallest absolute Gasteiger partial charge is 0.0464 e. The van der Waals surface area contributed by atoms with Crippen molar-refractivity contribution in [2.75, 3.05) is 13.6 Å². The number of pyridine rings is 1. The van der Waals surface area contributed by atoms with Crippen molar-refractivity contribution < 1.29 is 0 Å². The van der Waals surface area contributed by atoms with Crippen LogP contribution in [0.1, 0.15) is 36.7 Å². The van der Waals surface area contributed by atoms with E-state index in [9.17, 15) is 0 Å². The van der Waals surface area contributed by atoms with E-state index in [1.807, 2.05) is 6.20 Å². The first-order valence-corrected chi connectivity index (χ1v) is 5.40. The van der Waals surface area contributed by atoms with Crippen LogP contribution in [-0.2, 0) is 12.8 Å². The SMILES string of the molecule is CCc1cnc2c(c1)C(C)N(C)CC2. The van der Waals surface area contributed by atoms with E-state index in [4.69, 9.17) is 0 Å². The van der Waals surface area contributed by atoms with E-state index in [1.54, 1.807) is 0 Å². The zero-order chi connectivity index (χ0) is 10.1. The lowest BCUT2D eigenvalue weighted by atomic mass is 9.97. The molecule has 1 unspecified atom stereocenters. The molecule has 2 heteroatoms. The van der Waals surface area contributed by atoms with Crippen LogP contribution in [0.3, 0.4) is 0 Å². The van der Waals surface area contributed by atoms with Gasteiger partial charge >= 0.3 is 0 Å². The molecule has 2 nitrogen and oxygen atoms in total. The molecule has 2 rings (SSSR count). The van der Waals surface area contributed by atoms with Gasteiger partial charge in [0.15, 0.2) is 0 Å². The molecule has 2 heterocycles. The molecule has 0 saturated carbocycles. The van der Waals surface area contributed by atoms with Gasteiger partial charge in [-0.15, -0.1) is 0 Å². The molecule has 1 aliphatic heterocycles. The lowest BCUT2D eigenvalue weighted by Crippen LogP contribution is -2.31. The quantitative estimate of drug-likeness (QED) is 0.675. The maximum atomic E-state index is 4.55. The van der Waals surface area contributed by atoms with Crippen molar-refractivity contribution in [2.45, 2.75) is 32.7 Å². The number of rotatable bonds is 1. The first-order chi connectivity index (χ1) is 6.72. The Morgan fingerprint density at radius 3 is 3.07 bits per heavy atom. The van der Waals surface area contributed by atoms with Crippen LogP contribution in [0.2, 0.25) is 0 Å². The van der Waals surface area contributed by atoms with Gasteiger partial charge in [-0.1, -0.05) is 13.0 Å². The second-order valence-electron chi connectivity index (χ2n) is 4.14. The monoisotopic (exact) mass is 190 g/mol. The van der Waals surface area contributed by atoms with Crippen LogP contribution in [0.25, 0.3) is 0 Å². The number of hydrogen-bond acceptors (Lipinski definition) is 2. The van der Waals surface area contributed by atoms with E-state index in [2.05, 4.69) is 36.8 Å². The topological polar surface area (TPSA) is 16.1 Å². The zero-order valence-electron chi connectivity index (χ0n) is 9.25. The summed E-state index contributed by atoms with van der Waals surface area (Å²) in [4.78, 5) is 6.94. The average molecular weight is 190 g/mol. The van der Waals surface area contributed by atoms with Crippen LogP contribution in [0, 0.1) is 0 Å². The molecule has 1 atom stereocenters. The van der Waals surface area contributed by atoms with E-state index >= 15 is 0 Å². The molecule has 0 saturated heterocycles. The number of likely N-dealkylation sites (N-methyl/N-ethyl adjacent to an activating group) is 1. The summed E-state index contributed by atoms with van der Waals surface area (Å²) in [7, 11) is 2.19. The Hall–Kier alpha value is -0.890. The van der Waals surface area contributed by atoms with Crippen molar-refractivity contribution >= 4 is 0 Å². The van der Waals surface area contributed by atoms with E-state index in [-0.39, 0.29) is 0 Å². The van der Waals surface area contributed by atoms with Crippen LogP contribution in [-0.4, -0.2) is 23.5 Å². The van der Waals surface area contributed by atoms with E-state index in [1.165, 1.54) is 16.8 Å². The van der Waals surface area contributed by atoms with Crippen LogP contribution in [0.4, 0.5) is 0 Å². The molecule has 0 aromatic carbocycles. The molecule has 0 spiro atoms. The Balaban J connectivity index is 2.41. The van der Waals surface area contributed by atoms with Crippen molar-refractivity contribution in [3.8, 4) is 0 Å². The van der Waals surface area contributed by atoms with E-state index < -0.39 is 0 Å². The fraction of sp³-hybridized carbons (Fsp3) is 0.583. The first kappa shape index (κ1) is 9.66.